The van der Waals surface area contributed by atoms with E-state index in [1.165, 1.54) is 32.4 Å². The molecule has 0 aliphatic rings. The van der Waals surface area contributed by atoms with Crippen LogP contribution in [-0.4, -0.2) is 41.6 Å². The normalized spacial score (nSPS) is 12.0. The van der Waals surface area contributed by atoms with Gasteiger partial charge in [0.25, 0.3) is 10.0 Å². The van der Waals surface area contributed by atoms with Crippen molar-refractivity contribution in [3.8, 4) is 11.5 Å². The number of methoxy groups -OCH3 is 2. The van der Waals surface area contributed by atoms with Gasteiger partial charge in [-0.15, -0.1) is 0 Å². The molecule has 0 aliphatic carbocycles. The van der Waals surface area contributed by atoms with Crippen LogP contribution in [0.5, 0.6) is 11.5 Å². The molecule has 0 aromatic heterocycles. The lowest BCUT2D eigenvalue weighted by Crippen LogP contribution is -2.41. The number of sulfonamides is 1. The molecule has 8 heteroatoms. The average Bonchev–Trinajstić information content (AvgIpc) is 2.85. The van der Waals surface area contributed by atoms with Crippen LogP contribution < -0.4 is 19.1 Å². The summed E-state index contributed by atoms with van der Waals surface area (Å²) in [6, 6.07) is 19.7. The maximum Gasteiger partial charge on any atom is 0.264 e. The predicted octanol–water partition coefficient (Wildman–Crippen LogP) is 4.44. The van der Waals surface area contributed by atoms with Gasteiger partial charge in [-0.3, -0.25) is 9.10 Å². The van der Waals surface area contributed by atoms with Crippen LogP contribution in [0.4, 0.5) is 5.69 Å². The van der Waals surface area contributed by atoms with Gasteiger partial charge in [0.05, 0.1) is 24.8 Å². The summed E-state index contributed by atoms with van der Waals surface area (Å²) in [5.74, 6) is 0.389. The molecule has 1 amide bonds. The van der Waals surface area contributed by atoms with Crippen molar-refractivity contribution >= 4 is 21.6 Å². The van der Waals surface area contributed by atoms with Crippen molar-refractivity contribution in [3.63, 3.8) is 0 Å². The molecular weight excluding hydrogens is 464 g/mol. The number of benzene rings is 3. The third-order valence-corrected chi connectivity index (χ3v) is 7.47. The molecule has 3 aromatic carbocycles. The Morgan fingerprint density at radius 3 is 2.14 bits per heavy atom. The van der Waals surface area contributed by atoms with Gasteiger partial charge in [0.15, 0.2) is 11.5 Å². The molecule has 186 valence electrons. The second-order valence-corrected chi connectivity index (χ2v) is 10.4. The largest absolute Gasteiger partial charge is 0.493 e. The highest BCUT2D eigenvalue weighted by molar-refractivity contribution is 7.92. The van der Waals surface area contributed by atoms with E-state index in [0.717, 1.165) is 21.0 Å². The highest BCUT2D eigenvalue weighted by atomic mass is 32.2. The van der Waals surface area contributed by atoms with Gasteiger partial charge in [-0.2, -0.15) is 0 Å². The van der Waals surface area contributed by atoms with Gasteiger partial charge in [0.2, 0.25) is 5.91 Å². The van der Waals surface area contributed by atoms with E-state index in [1.54, 1.807) is 12.1 Å². The van der Waals surface area contributed by atoms with E-state index in [0.29, 0.717) is 18.0 Å². The van der Waals surface area contributed by atoms with E-state index in [1.807, 2.05) is 57.2 Å². The number of carbonyl (C=O) groups excluding carboxylic acids is 1. The van der Waals surface area contributed by atoms with E-state index in [4.69, 9.17) is 9.47 Å². The fraction of sp³-hybridized carbons (Fsp3) is 0.296. The summed E-state index contributed by atoms with van der Waals surface area (Å²) in [7, 11) is -1.17. The summed E-state index contributed by atoms with van der Waals surface area (Å²) in [6.45, 7) is 5.82. The molecule has 35 heavy (non-hydrogen) atoms. The van der Waals surface area contributed by atoms with E-state index >= 15 is 0 Å². The molecule has 0 saturated heterocycles. The Balaban J connectivity index is 1.91. The molecule has 3 aromatic rings. The van der Waals surface area contributed by atoms with Gasteiger partial charge in [-0.1, -0.05) is 43.3 Å². The zero-order valence-corrected chi connectivity index (χ0v) is 21.6. The molecule has 0 fully saturated rings. The SMILES string of the molecule is COc1ccc(S(=O)(=O)N(CC(=O)NC[C@@H](C)c2ccccc2)c2cc(C)cc(C)c2)cc1OC. The number of nitrogens with one attached hydrogen (secondary N) is 1. The monoisotopic (exact) mass is 496 g/mol. The second-order valence-electron chi connectivity index (χ2n) is 8.49. The zero-order chi connectivity index (χ0) is 25.6. The van der Waals surface area contributed by atoms with Crippen LogP contribution in [0, 0.1) is 13.8 Å². The standard InChI is InChI=1S/C27H32N2O5S/c1-19-13-20(2)15-23(14-19)29(18-27(30)28-17-21(3)22-9-7-6-8-10-22)35(31,32)24-11-12-25(33-4)26(16-24)34-5/h6-16,21H,17-18H2,1-5H3,(H,28,30)/t21-/m1/s1. The van der Waals surface area contributed by atoms with Gasteiger partial charge in [0.1, 0.15) is 6.54 Å². The van der Waals surface area contributed by atoms with Crippen LogP contribution >= 0.6 is 0 Å². The molecule has 0 spiro atoms. The first-order valence-electron chi connectivity index (χ1n) is 11.3. The van der Waals surface area contributed by atoms with Gasteiger partial charge in [-0.25, -0.2) is 8.42 Å². The Morgan fingerprint density at radius 2 is 1.54 bits per heavy atom. The number of amides is 1. The molecule has 1 N–H and O–H groups in total. The average molecular weight is 497 g/mol. The van der Waals surface area contributed by atoms with E-state index in [2.05, 4.69) is 5.32 Å². The summed E-state index contributed by atoms with van der Waals surface area (Å²) in [4.78, 5) is 13.0. The highest BCUT2D eigenvalue weighted by Crippen LogP contribution is 2.32. The Bertz CT molecular complexity index is 1260. The van der Waals surface area contributed by atoms with Crippen molar-refractivity contribution in [2.45, 2.75) is 31.6 Å². The molecule has 0 heterocycles. The summed E-state index contributed by atoms with van der Waals surface area (Å²) < 4.78 is 39.2. The lowest BCUT2D eigenvalue weighted by molar-refractivity contribution is -0.119. The predicted molar refractivity (Wildman–Crippen MR) is 138 cm³/mol. The summed E-state index contributed by atoms with van der Waals surface area (Å²) in [5, 5.41) is 2.88. The highest BCUT2D eigenvalue weighted by Gasteiger charge is 2.29. The quantitative estimate of drug-likeness (QED) is 0.449. The lowest BCUT2D eigenvalue weighted by Gasteiger charge is -2.25. The van der Waals surface area contributed by atoms with Crippen LogP contribution in [0.25, 0.3) is 0 Å². The minimum absolute atomic E-state index is 0.000220. The van der Waals surface area contributed by atoms with Crippen molar-refractivity contribution in [1.82, 2.24) is 5.32 Å². The van der Waals surface area contributed by atoms with Crippen molar-refractivity contribution in [1.29, 1.82) is 0 Å². The molecule has 7 nitrogen and oxygen atoms in total. The van der Waals surface area contributed by atoms with Gasteiger partial charge in [-0.05, 0) is 60.7 Å². The zero-order valence-electron chi connectivity index (χ0n) is 20.7. The minimum atomic E-state index is -4.09. The maximum absolute atomic E-state index is 13.8. The third-order valence-electron chi connectivity index (χ3n) is 5.70. The Kier molecular flexibility index (Phi) is 8.40. The molecule has 0 bridgehead atoms. The number of carbonyl (C=O) groups is 1. The molecule has 0 aliphatic heterocycles. The summed E-state index contributed by atoms with van der Waals surface area (Å²) >= 11 is 0. The van der Waals surface area contributed by atoms with Gasteiger partial charge in [0, 0.05) is 12.6 Å². The van der Waals surface area contributed by atoms with Crippen molar-refractivity contribution in [3.05, 3.63) is 83.4 Å². The van der Waals surface area contributed by atoms with Gasteiger partial charge < -0.3 is 14.8 Å². The Hall–Kier alpha value is -3.52. The maximum atomic E-state index is 13.8. The fourth-order valence-electron chi connectivity index (χ4n) is 3.87. The smallest absolute Gasteiger partial charge is 0.264 e. The molecular formula is C27H32N2O5S. The number of ether oxygens (including phenoxy) is 2. The molecule has 1 atom stereocenters. The van der Waals surface area contributed by atoms with Gasteiger partial charge >= 0.3 is 0 Å². The summed E-state index contributed by atoms with van der Waals surface area (Å²) in [6.07, 6.45) is 0. The number of hydrogen-bond acceptors (Lipinski definition) is 5. The summed E-state index contributed by atoms with van der Waals surface area (Å²) in [5.41, 5.74) is 3.30. The molecule has 0 saturated carbocycles. The van der Waals surface area contributed by atoms with Crippen LogP contribution in [-0.2, 0) is 14.8 Å². The first kappa shape index (κ1) is 26.1. The second kappa shape index (κ2) is 11.3. The minimum Gasteiger partial charge on any atom is -0.493 e. The van der Waals surface area contributed by atoms with Crippen molar-refractivity contribution in [2.75, 3.05) is 31.6 Å². The third kappa shape index (κ3) is 6.33. The number of nitrogens with zero attached hydrogens (tertiary/aromatic N) is 1. The lowest BCUT2D eigenvalue weighted by atomic mass is 10.0. The number of hydrogen-bond donors (Lipinski definition) is 1. The van der Waals surface area contributed by atoms with Crippen molar-refractivity contribution in [2.24, 2.45) is 0 Å². The topological polar surface area (TPSA) is 84.9 Å². The van der Waals surface area contributed by atoms with Crippen LogP contribution in [0.2, 0.25) is 0 Å². The first-order chi connectivity index (χ1) is 16.6. The Morgan fingerprint density at radius 1 is 0.914 bits per heavy atom. The van der Waals surface area contributed by atoms with Crippen LogP contribution in [0.1, 0.15) is 29.5 Å². The van der Waals surface area contributed by atoms with Crippen LogP contribution in [0.15, 0.2) is 71.6 Å². The van der Waals surface area contributed by atoms with Crippen LogP contribution in [0.3, 0.4) is 0 Å². The number of aryl methyl sites for hydroxylation is 2. The van der Waals surface area contributed by atoms with E-state index < -0.39 is 15.9 Å². The fourth-order valence-corrected chi connectivity index (χ4v) is 5.29. The van der Waals surface area contributed by atoms with E-state index in [-0.39, 0.29) is 23.1 Å². The molecule has 3 rings (SSSR count). The molecule has 0 unspecified atom stereocenters. The molecule has 0 radical (unpaired) electrons. The Labute approximate surface area is 207 Å². The van der Waals surface area contributed by atoms with E-state index in [9.17, 15) is 13.2 Å². The van der Waals surface area contributed by atoms with Crippen molar-refractivity contribution < 1.29 is 22.7 Å². The number of anilines is 1. The number of rotatable bonds is 10. The first-order valence-corrected chi connectivity index (χ1v) is 12.7.